The monoisotopic (exact) mass is 351 g/mol. The van der Waals surface area contributed by atoms with Crippen LogP contribution in [0.1, 0.15) is 25.0 Å². The lowest BCUT2D eigenvalue weighted by atomic mass is 9.88. The molecule has 0 aliphatic carbocycles. The summed E-state index contributed by atoms with van der Waals surface area (Å²) in [7, 11) is 0. The van der Waals surface area contributed by atoms with Crippen molar-refractivity contribution in [1.82, 2.24) is 15.2 Å². The molecule has 1 aliphatic heterocycles. The molecule has 6 nitrogen and oxygen atoms in total. The van der Waals surface area contributed by atoms with Gasteiger partial charge in [-0.3, -0.25) is 14.4 Å². The number of nitrogens with zero attached hydrogens (tertiary/aromatic N) is 1. The lowest BCUT2D eigenvalue weighted by Gasteiger charge is -2.40. The molecule has 2 aromatic rings. The molecule has 1 saturated heterocycles. The first-order valence-corrected chi connectivity index (χ1v) is 8.52. The van der Waals surface area contributed by atoms with Gasteiger partial charge in [-0.15, -0.1) is 0 Å². The van der Waals surface area contributed by atoms with E-state index in [4.69, 9.17) is 0 Å². The first kappa shape index (κ1) is 17.7. The highest BCUT2D eigenvalue weighted by Crippen LogP contribution is 2.25. The van der Waals surface area contributed by atoms with Crippen LogP contribution in [0.2, 0.25) is 0 Å². The zero-order chi connectivity index (χ0) is 18.7. The summed E-state index contributed by atoms with van der Waals surface area (Å²) in [4.78, 5) is 41.8. The fraction of sp³-hybridized carbons (Fsp3) is 0.250. The van der Waals surface area contributed by atoms with Gasteiger partial charge in [0.15, 0.2) is 0 Å². The van der Waals surface area contributed by atoms with E-state index in [1.807, 2.05) is 37.3 Å². The van der Waals surface area contributed by atoms with E-state index in [-0.39, 0.29) is 23.1 Å². The van der Waals surface area contributed by atoms with Gasteiger partial charge >= 0.3 is 0 Å². The fourth-order valence-corrected chi connectivity index (χ4v) is 3.17. The topological polar surface area (TPSA) is 82.3 Å². The lowest BCUT2D eigenvalue weighted by Crippen LogP contribution is -2.65. The van der Waals surface area contributed by atoms with Crippen LogP contribution in [0.25, 0.3) is 6.08 Å². The lowest BCUT2D eigenvalue weighted by molar-refractivity contribution is -0.144. The Morgan fingerprint density at radius 3 is 2.46 bits per heavy atom. The van der Waals surface area contributed by atoms with Crippen LogP contribution in [0.4, 0.5) is 0 Å². The molecule has 1 atom stereocenters. The van der Waals surface area contributed by atoms with Gasteiger partial charge in [-0.25, -0.2) is 0 Å². The largest absolute Gasteiger partial charge is 0.336 e. The van der Waals surface area contributed by atoms with Crippen molar-refractivity contribution in [3.05, 3.63) is 75.8 Å². The van der Waals surface area contributed by atoms with Crippen molar-refractivity contribution >= 4 is 17.9 Å². The molecule has 1 unspecified atom stereocenters. The van der Waals surface area contributed by atoms with Crippen molar-refractivity contribution in [3.8, 4) is 0 Å². The standard InChI is InChI=1S/C20H21N3O3/c1-3-23-16(12-15-10-7-11-21-17(15)24)18(25)22-20(2,19(23)26)13-14-8-5-4-6-9-14/h4-12H,3,13H2,1-2H3,(H,21,24)(H,22,25)/b16-12-. The van der Waals surface area contributed by atoms with Gasteiger partial charge in [-0.2, -0.15) is 0 Å². The number of H-pyrrole nitrogens is 1. The van der Waals surface area contributed by atoms with Crippen LogP contribution < -0.4 is 10.9 Å². The summed E-state index contributed by atoms with van der Waals surface area (Å²) in [5, 5.41) is 2.83. The van der Waals surface area contributed by atoms with E-state index in [1.165, 1.54) is 17.2 Å². The van der Waals surface area contributed by atoms with Gasteiger partial charge in [0, 0.05) is 24.7 Å². The van der Waals surface area contributed by atoms with E-state index in [1.54, 1.807) is 19.1 Å². The van der Waals surface area contributed by atoms with Gasteiger partial charge in [0.25, 0.3) is 17.4 Å². The van der Waals surface area contributed by atoms with Crippen molar-refractivity contribution in [2.45, 2.75) is 25.8 Å². The molecule has 2 N–H and O–H groups in total. The van der Waals surface area contributed by atoms with E-state index in [0.29, 0.717) is 18.5 Å². The van der Waals surface area contributed by atoms with Gasteiger partial charge in [0.1, 0.15) is 11.2 Å². The Balaban J connectivity index is 1.96. The maximum absolute atomic E-state index is 13.1. The number of rotatable bonds is 4. The summed E-state index contributed by atoms with van der Waals surface area (Å²) in [5.41, 5.74) is 0.130. The quantitative estimate of drug-likeness (QED) is 0.823. The molecule has 0 spiro atoms. The minimum absolute atomic E-state index is 0.180. The van der Waals surface area contributed by atoms with Gasteiger partial charge in [-0.05, 0) is 37.6 Å². The Morgan fingerprint density at radius 1 is 1.08 bits per heavy atom. The highest BCUT2D eigenvalue weighted by atomic mass is 16.2. The highest BCUT2D eigenvalue weighted by Gasteiger charge is 2.45. The van der Waals surface area contributed by atoms with Crippen LogP contribution in [-0.2, 0) is 16.0 Å². The fourth-order valence-electron chi connectivity index (χ4n) is 3.17. The third-order valence-corrected chi connectivity index (χ3v) is 4.49. The molecule has 1 aromatic carbocycles. The number of pyridine rings is 1. The van der Waals surface area contributed by atoms with E-state index < -0.39 is 5.54 Å². The second-order valence-corrected chi connectivity index (χ2v) is 6.48. The van der Waals surface area contributed by atoms with Gasteiger partial charge < -0.3 is 15.2 Å². The minimum atomic E-state index is -1.03. The smallest absolute Gasteiger partial charge is 0.268 e. The summed E-state index contributed by atoms with van der Waals surface area (Å²) >= 11 is 0. The van der Waals surface area contributed by atoms with Crippen molar-refractivity contribution < 1.29 is 9.59 Å². The average Bonchev–Trinajstić information content (AvgIpc) is 2.62. The molecule has 1 aliphatic rings. The van der Waals surface area contributed by atoms with E-state index in [2.05, 4.69) is 10.3 Å². The maximum atomic E-state index is 13.1. The normalized spacial score (nSPS) is 21.8. The Labute approximate surface area is 151 Å². The zero-order valence-electron chi connectivity index (χ0n) is 14.8. The predicted molar refractivity (Wildman–Crippen MR) is 99.1 cm³/mol. The summed E-state index contributed by atoms with van der Waals surface area (Å²) in [6.45, 7) is 3.88. The summed E-state index contributed by atoms with van der Waals surface area (Å²) < 4.78 is 0. The van der Waals surface area contributed by atoms with Crippen molar-refractivity contribution in [2.75, 3.05) is 6.54 Å². The van der Waals surface area contributed by atoms with Gasteiger partial charge in [-0.1, -0.05) is 30.3 Å². The number of benzene rings is 1. The zero-order valence-corrected chi connectivity index (χ0v) is 14.8. The number of hydrogen-bond donors (Lipinski definition) is 2. The Kier molecular flexibility index (Phi) is 4.75. The predicted octanol–water partition coefficient (Wildman–Crippen LogP) is 1.70. The van der Waals surface area contributed by atoms with Crippen LogP contribution in [0.5, 0.6) is 0 Å². The SMILES string of the molecule is CCN1C(=O)C(C)(Cc2ccccc2)NC(=O)/C1=C/c1ccc[nH]c1=O. The summed E-state index contributed by atoms with van der Waals surface area (Å²) in [6, 6.07) is 12.8. The molecule has 0 bridgehead atoms. The molecule has 3 rings (SSSR count). The van der Waals surface area contributed by atoms with Crippen molar-refractivity contribution in [2.24, 2.45) is 0 Å². The average molecular weight is 351 g/mol. The number of aromatic amines is 1. The van der Waals surface area contributed by atoms with Crippen LogP contribution in [-0.4, -0.2) is 33.8 Å². The van der Waals surface area contributed by atoms with Crippen LogP contribution in [0.3, 0.4) is 0 Å². The van der Waals surface area contributed by atoms with E-state index in [9.17, 15) is 14.4 Å². The Hall–Kier alpha value is -3.15. The van der Waals surface area contributed by atoms with Gasteiger partial charge in [0.2, 0.25) is 0 Å². The molecule has 0 saturated carbocycles. The molecule has 0 radical (unpaired) electrons. The van der Waals surface area contributed by atoms with Gasteiger partial charge in [0.05, 0.1) is 0 Å². The molecular weight excluding hydrogens is 330 g/mol. The maximum Gasteiger partial charge on any atom is 0.268 e. The van der Waals surface area contributed by atoms with Crippen LogP contribution in [0.15, 0.2) is 59.2 Å². The number of hydrogen-bond acceptors (Lipinski definition) is 3. The second-order valence-electron chi connectivity index (χ2n) is 6.48. The molecular formula is C20H21N3O3. The summed E-state index contributed by atoms with van der Waals surface area (Å²) in [6.07, 6.45) is 3.37. The molecule has 2 heterocycles. The van der Waals surface area contributed by atoms with Crippen LogP contribution in [0, 0.1) is 0 Å². The molecule has 2 amide bonds. The van der Waals surface area contributed by atoms with E-state index in [0.717, 1.165) is 5.56 Å². The van der Waals surface area contributed by atoms with Crippen LogP contribution >= 0.6 is 0 Å². The number of nitrogens with one attached hydrogen (secondary N) is 2. The van der Waals surface area contributed by atoms with Crippen molar-refractivity contribution in [3.63, 3.8) is 0 Å². The molecule has 26 heavy (non-hydrogen) atoms. The number of likely N-dealkylation sites (N-methyl/N-ethyl adjacent to an activating group) is 1. The third kappa shape index (κ3) is 3.31. The molecule has 6 heteroatoms. The molecule has 1 aromatic heterocycles. The third-order valence-electron chi connectivity index (χ3n) is 4.49. The number of carbonyl (C=O) groups is 2. The van der Waals surface area contributed by atoms with E-state index >= 15 is 0 Å². The number of aromatic nitrogens is 1. The Bertz CT molecular complexity index is 917. The number of piperazine rings is 1. The number of amides is 2. The summed E-state index contributed by atoms with van der Waals surface area (Å²) in [5.74, 6) is -0.560. The van der Waals surface area contributed by atoms with Crippen molar-refractivity contribution in [1.29, 1.82) is 0 Å². The minimum Gasteiger partial charge on any atom is -0.336 e. The molecule has 134 valence electrons. The number of carbonyl (C=O) groups excluding carboxylic acids is 2. The molecule has 1 fully saturated rings. The second kappa shape index (κ2) is 7.00. The Morgan fingerprint density at radius 2 is 1.81 bits per heavy atom. The first-order chi connectivity index (χ1) is 12.4. The highest BCUT2D eigenvalue weighted by molar-refractivity contribution is 6.09. The first-order valence-electron chi connectivity index (χ1n) is 8.52.